The molecule has 0 bridgehead atoms. The minimum atomic E-state index is -0.0134. The van der Waals surface area contributed by atoms with Crippen LogP contribution < -0.4 is 0 Å². The quantitative estimate of drug-likeness (QED) is 0.780. The molecule has 1 saturated heterocycles. The lowest BCUT2D eigenvalue weighted by molar-refractivity contribution is 0.0749. The summed E-state index contributed by atoms with van der Waals surface area (Å²) in [6.45, 7) is 3.67. The molecule has 2 aromatic rings. The van der Waals surface area contributed by atoms with Crippen LogP contribution in [0.5, 0.6) is 0 Å². The van der Waals surface area contributed by atoms with E-state index in [4.69, 9.17) is 0 Å². The number of amides is 1. The lowest BCUT2D eigenvalue weighted by atomic mass is 9.91. The van der Waals surface area contributed by atoms with E-state index in [-0.39, 0.29) is 11.7 Å². The zero-order valence-electron chi connectivity index (χ0n) is 15.6. The van der Waals surface area contributed by atoms with Gasteiger partial charge in [0.25, 0.3) is 5.91 Å². The zero-order valence-corrected chi connectivity index (χ0v) is 15.6. The van der Waals surface area contributed by atoms with E-state index in [1.807, 2.05) is 35.2 Å². The maximum Gasteiger partial charge on any atom is 0.253 e. The monoisotopic (exact) mass is 362 g/mol. The fourth-order valence-electron chi connectivity index (χ4n) is 3.96. The SMILES string of the molecule is O=C(c1ccccc1)c1ccc(C(=O)N2CCCN(C3CCC3)CC2)cc1. The highest BCUT2D eigenvalue weighted by Gasteiger charge is 2.28. The minimum absolute atomic E-state index is 0.0134. The molecule has 0 unspecified atom stereocenters. The second-order valence-corrected chi connectivity index (χ2v) is 7.54. The van der Waals surface area contributed by atoms with Gasteiger partial charge in [0.05, 0.1) is 0 Å². The van der Waals surface area contributed by atoms with Crippen LogP contribution in [-0.4, -0.2) is 53.7 Å². The average Bonchev–Trinajstić information content (AvgIpc) is 2.92. The van der Waals surface area contributed by atoms with Gasteiger partial charge in [-0.1, -0.05) is 48.9 Å². The van der Waals surface area contributed by atoms with Crippen molar-refractivity contribution in [1.82, 2.24) is 9.80 Å². The van der Waals surface area contributed by atoms with Gasteiger partial charge in [-0.25, -0.2) is 0 Å². The van der Waals surface area contributed by atoms with Crippen LogP contribution in [0.25, 0.3) is 0 Å². The van der Waals surface area contributed by atoms with Gasteiger partial charge >= 0.3 is 0 Å². The molecule has 4 nitrogen and oxygen atoms in total. The molecule has 1 aliphatic carbocycles. The Morgan fingerprint density at radius 1 is 0.704 bits per heavy atom. The number of hydrogen-bond acceptors (Lipinski definition) is 3. The molecule has 0 atom stereocenters. The van der Waals surface area contributed by atoms with Crippen molar-refractivity contribution in [3.63, 3.8) is 0 Å². The summed E-state index contributed by atoms with van der Waals surface area (Å²) in [6, 6.07) is 17.1. The normalized spacial score (nSPS) is 18.6. The maximum absolute atomic E-state index is 12.9. The summed E-state index contributed by atoms with van der Waals surface area (Å²) in [4.78, 5) is 29.9. The molecule has 140 valence electrons. The molecule has 0 N–H and O–H groups in total. The zero-order chi connectivity index (χ0) is 18.6. The van der Waals surface area contributed by atoms with Crippen LogP contribution in [0.15, 0.2) is 54.6 Å². The maximum atomic E-state index is 12.9. The van der Waals surface area contributed by atoms with Crippen LogP contribution in [0.2, 0.25) is 0 Å². The van der Waals surface area contributed by atoms with Crippen molar-refractivity contribution < 1.29 is 9.59 Å². The van der Waals surface area contributed by atoms with Crippen molar-refractivity contribution in [3.05, 3.63) is 71.3 Å². The fraction of sp³-hybridized carbons (Fsp3) is 0.391. The number of benzene rings is 2. The number of nitrogens with zero attached hydrogens (tertiary/aromatic N) is 2. The smallest absolute Gasteiger partial charge is 0.253 e. The first kappa shape index (κ1) is 17.9. The molecule has 4 heteroatoms. The third-order valence-electron chi connectivity index (χ3n) is 5.84. The Labute approximate surface area is 160 Å². The van der Waals surface area contributed by atoms with Crippen molar-refractivity contribution in [2.24, 2.45) is 0 Å². The summed E-state index contributed by atoms with van der Waals surface area (Å²) >= 11 is 0. The van der Waals surface area contributed by atoms with Crippen molar-refractivity contribution in [2.45, 2.75) is 31.7 Å². The topological polar surface area (TPSA) is 40.6 Å². The molecule has 1 heterocycles. The molecule has 2 aliphatic rings. The van der Waals surface area contributed by atoms with Gasteiger partial charge in [-0.05, 0) is 31.4 Å². The minimum Gasteiger partial charge on any atom is -0.337 e. The Bertz CT molecular complexity index is 797. The molecule has 2 aromatic carbocycles. The van der Waals surface area contributed by atoms with Crippen LogP contribution in [0, 0.1) is 0 Å². The van der Waals surface area contributed by atoms with E-state index in [0.717, 1.165) is 38.6 Å². The van der Waals surface area contributed by atoms with Gasteiger partial charge in [0.15, 0.2) is 5.78 Å². The summed E-state index contributed by atoms with van der Waals surface area (Å²) in [5.74, 6) is 0.0599. The summed E-state index contributed by atoms with van der Waals surface area (Å²) in [5.41, 5.74) is 1.95. The molecule has 1 saturated carbocycles. The second-order valence-electron chi connectivity index (χ2n) is 7.54. The summed E-state index contributed by atoms with van der Waals surface area (Å²) in [6.07, 6.45) is 5.00. The molecule has 0 aromatic heterocycles. The van der Waals surface area contributed by atoms with Crippen LogP contribution in [0.1, 0.15) is 52.0 Å². The van der Waals surface area contributed by atoms with Crippen LogP contribution >= 0.6 is 0 Å². The largest absolute Gasteiger partial charge is 0.337 e. The molecule has 27 heavy (non-hydrogen) atoms. The van der Waals surface area contributed by atoms with Gasteiger partial charge in [0.1, 0.15) is 0 Å². The molecule has 1 aliphatic heterocycles. The van der Waals surface area contributed by atoms with E-state index in [1.54, 1.807) is 24.3 Å². The van der Waals surface area contributed by atoms with Gasteiger partial charge in [-0.2, -0.15) is 0 Å². The first-order valence-electron chi connectivity index (χ1n) is 9.95. The lowest BCUT2D eigenvalue weighted by Gasteiger charge is -2.36. The molecule has 1 amide bonds. The van der Waals surface area contributed by atoms with Crippen LogP contribution in [-0.2, 0) is 0 Å². The molecule has 0 radical (unpaired) electrons. The molecular weight excluding hydrogens is 336 g/mol. The van der Waals surface area contributed by atoms with Crippen molar-refractivity contribution in [2.75, 3.05) is 26.2 Å². The van der Waals surface area contributed by atoms with E-state index < -0.39 is 0 Å². The third kappa shape index (κ3) is 3.96. The van der Waals surface area contributed by atoms with Crippen LogP contribution in [0.4, 0.5) is 0 Å². The molecule has 4 rings (SSSR count). The van der Waals surface area contributed by atoms with E-state index in [1.165, 1.54) is 19.3 Å². The van der Waals surface area contributed by atoms with Gasteiger partial charge < -0.3 is 4.90 Å². The molecular formula is C23H26N2O2. The Kier molecular flexibility index (Phi) is 5.35. The summed E-state index contributed by atoms with van der Waals surface area (Å²) in [7, 11) is 0. The van der Waals surface area contributed by atoms with Gasteiger partial charge in [-0.3, -0.25) is 14.5 Å². The lowest BCUT2D eigenvalue weighted by Crippen LogP contribution is -2.42. The molecule has 2 fully saturated rings. The Morgan fingerprint density at radius 2 is 1.37 bits per heavy atom. The van der Waals surface area contributed by atoms with Crippen molar-refractivity contribution in [1.29, 1.82) is 0 Å². The first-order chi connectivity index (χ1) is 13.2. The van der Waals surface area contributed by atoms with E-state index >= 15 is 0 Å². The number of carbonyl (C=O) groups is 2. The number of rotatable bonds is 4. The Morgan fingerprint density at radius 3 is 2.04 bits per heavy atom. The second kappa shape index (κ2) is 8.05. The number of carbonyl (C=O) groups excluding carboxylic acids is 2. The highest BCUT2D eigenvalue weighted by Crippen LogP contribution is 2.25. The van der Waals surface area contributed by atoms with E-state index in [0.29, 0.717) is 16.7 Å². The first-order valence-corrected chi connectivity index (χ1v) is 9.95. The van der Waals surface area contributed by atoms with Gasteiger partial charge in [0, 0.05) is 48.9 Å². The van der Waals surface area contributed by atoms with E-state index in [9.17, 15) is 9.59 Å². The average molecular weight is 362 g/mol. The van der Waals surface area contributed by atoms with Crippen molar-refractivity contribution in [3.8, 4) is 0 Å². The van der Waals surface area contributed by atoms with E-state index in [2.05, 4.69) is 4.90 Å². The number of ketones is 1. The highest BCUT2D eigenvalue weighted by molar-refractivity contribution is 6.09. The Balaban J connectivity index is 1.41. The Hall–Kier alpha value is -2.46. The molecule has 0 spiro atoms. The van der Waals surface area contributed by atoms with Crippen molar-refractivity contribution >= 4 is 11.7 Å². The predicted molar refractivity (Wildman–Crippen MR) is 106 cm³/mol. The predicted octanol–water partition coefficient (Wildman–Crippen LogP) is 3.62. The third-order valence-corrected chi connectivity index (χ3v) is 5.84. The number of hydrogen-bond donors (Lipinski definition) is 0. The van der Waals surface area contributed by atoms with Gasteiger partial charge in [0.2, 0.25) is 0 Å². The van der Waals surface area contributed by atoms with Crippen LogP contribution in [0.3, 0.4) is 0 Å². The van der Waals surface area contributed by atoms with Gasteiger partial charge in [-0.15, -0.1) is 0 Å². The summed E-state index contributed by atoms with van der Waals surface area (Å²) in [5, 5.41) is 0. The fourth-order valence-corrected chi connectivity index (χ4v) is 3.96. The summed E-state index contributed by atoms with van der Waals surface area (Å²) < 4.78 is 0. The highest BCUT2D eigenvalue weighted by atomic mass is 16.2. The standard InChI is InChI=1S/C23H26N2O2/c26-22(18-6-2-1-3-7-18)19-10-12-20(13-11-19)23(27)25-15-5-14-24(16-17-25)21-8-4-9-21/h1-3,6-7,10-13,21H,4-5,8-9,14-17H2.